The number of thioether (sulfide) groups is 1. The van der Waals surface area contributed by atoms with Crippen LogP contribution < -0.4 is 5.32 Å². The minimum atomic E-state index is -0.676. The van der Waals surface area contributed by atoms with Crippen molar-refractivity contribution in [3.8, 4) is 0 Å². The van der Waals surface area contributed by atoms with E-state index in [-0.39, 0.29) is 12.5 Å². The van der Waals surface area contributed by atoms with Gasteiger partial charge in [0.05, 0.1) is 6.61 Å². The van der Waals surface area contributed by atoms with E-state index in [1.165, 1.54) is 0 Å². The lowest BCUT2D eigenvalue weighted by atomic mass is 10.2. The summed E-state index contributed by atoms with van der Waals surface area (Å²) in [6, 6.07) is 8.71. The maximum Gasteiger partial charge on any atom is 0.408 e. The van der Waals surface area contributed by atoms with Gasteiger partial charge < -0.3 is 14.8 Å². The van der Waals surface area contributed by atoms with Gasteiger partial charge in [0.15, 0.2) is 0 Å². The van der Waals surface area contributed by atoms with Crippen molar-refractivity contribution in [1.29, 1.82) is 0 Å². The molecule has 1 rings (SSSR count). The number of carbonyl (C=O) groups excluding carboxylic acids is 2. The SMILES string of the molecule is CSCCC(NC(=O)OCc1ccccc1)C(=O)OCC(C)C. The summed E-state index contributed by atoms with van der Waals surface area (Å²) in [7, 11) is 0. The molecule has 23 heavy (non-hydrogen) atoms. The van der Waals surface area contributed by atoms with E-state index >= 15 is 0 Å². The van der Waals surface area contributed by atoms with Gasteiger partial charge in [0.1, 0.15) is 12.6 Å². The van der Waals surface area contributed by atoms with Gasteiger partial charge >= 0.3 is 12.1 Å². The van der Waals surface area contributed by atoms with Crippen LogP contribution in [0.2, 0.25) is 0 Å². The molecule has 1 atom stereocenters. The number of amides is 1. The monoisotopic (exact) mass is 339 g/mol. The summed E-state index contributed by atoms with van der Waals surface area (Å²) in [6.45, 7) is 4.44. The number of benzene rings is 1. The molecule has 0 radical (unpaired) electrons. The Balaban J connectivity index is 2.47. The first kappa shape index (κ1) is 19.4. The van der Waals surface area contributed by atoms with Gasteiger partial charge in [-0.2, -0.15) is 11.8 Å². The summed E-state index contributed by atoms with van der Waals surface area (Å²) in [6.07, 6.45) is 1.85. The maximum absolute atomic E-state index is 12.1. The Morgan fingerprint density at radius 1 is 1.17 bits per heavy atom. The molecule has 0 aliphatic heterocycles. The quantitative estimate of drug-likeness (QED) is 0.700. The minimum Gasteiger partial charge on any atom is -0.464 e. The fourth-order valence-electron chi connectivity index (χ4n) is 1.74. The number of carbonyl (C=O) groups is 2. The molecule has 0 spiro atoms. The van der Waals surface area contributed by atoms with E-state index in [0.29, 0.717) is 13.0 Å². The molecule has 0 aliphatic rings. The molecule has 0 fully saturated rings. The zero-order valence-electron chi connectivity index (χ0n) is 13.9. The molecule has 5 nitrogen and oxygen atoms in total. The van der Waals surface area contributed by atoms with Gasteiger partial charge in [-0.05, 0) is 29.9 Å². The van der Waals surface area contributed by atoms with Gasteiger partial charge in [0, 0.05) is 0 Å². The highest BCUT2D eigenvalue weighted by Gasteiger charge is 2.22. The fourth-order valence-corrected chi connectivity index (χ4v) is 2.21. The third-order valence-corrected chi connectivity index (χ3v) is 3.60. The maximum atomic E-state index is 12.1. The van der Waals surface area contributed by atoms with Crippen LogP contribution in [-0.4, -0.2) is 36.7 Å². The third-order valence-electron chi connectivity index (χ3n) is 2.96. The van der Waals surface area contributed by atoms with Crippen LogP contribution in [0.1, 0.15) is 25.8 Å². The summed E-state index contributed by atoms with van der Waals surface area (Å²) in [5, 5.41) is 2.60. The lowest BCUT2D eigenvalue weighted by Gasteiger charge is -2.18. The molecule has 1 unspecified atom stereocenters. The van der Waals surface area contributed by atoms with Crippen molar-refractivity contribution in [3.05, 3.63) is 35.9 Å². The van der Waals surface area contributed by atoms with E-state index in [4.69, 9.17) is 9.47 Å². The van der Waals surface area contributed by atoms with Crippen LogP contribution in [-0.2, 0) is 20.9 Å². The zero-order chi connectivity index (χ0) is 17.1. The average molecular weight is 339 g/mol. The third kappa shape index (κ3) is 8.50. The number of rotatable bonds is 9. The summed E-state index contributed by atoms with van der Waals surface area (Å²) in [4.78, 5) is 23.9. The molecule has 6 heteroatoms. The number of nitrogens with one attached hydrogen (secondary N) is 1. The average Bonchev–Trinajstić information content (AvgIpc) is 2.55. The van der Waals surface area contributed by atoms with Crippen LogP contribution >= 0.6 is 11.8 Å². The Hall–Kier alpha value is -1.69. The van der Waals surface area contributed by atoms with Crippen LogP contribution in [0.25, 0.3) is 0 Å². The van der Waals surface area contributed by atoms with E-state index in [1.54, 1.807) is 11.8 Å². The van der Waals surface area contributed by atoms with E-state index in [0.717, 1.165) is 11.3 Å². The molecule has 0 aromatic heterocycles. The Morgan fingerprint density at radius 3 is 2.48 bits per heavy atom. The fraction of sp³-hybridized carbons (Fsp3) is 0.529. The van der Waals surface area contributed by atoms with Crippen LogP contribution in [0.3, 0.4) is 0 Å². The molecule has 1 aromatic carbocycles. The van der Waals surface area contributed by atoms with Gasteiger partial charge in [-0.15, -0.1) is 0 Å². The molecule has 0 aliphatic carbocycles. The molecule has 128 valence electrons. The van der Waals surface area contributed by atoms with Crippen molar-refractivity contribution in [1.82, 2.24) is 5.32 Å². The van der Waals surface area contributed by atoms with Crippen molar-refractivity contribution in [2.75, 3.05) is 18.6 Å². The Bertz CT molecular complexity index is 479. The van der Waals surface area contributed by atoms with Gasteiger partial charge in [0.25, 0.3) is 0 Å². The highest BCUT2D eigenvalue weighted by atomic mass is 32.2. The summed E-state index contributed by atoms with van der Waals surface area (Å²) < 4.78 is 10.4. The van der Waals surface area contributed by atoms with E-state index in [1.807, 2.05) is 50.4 Å². The topological polar surface area (TPSA) is 64.6 Å². The second-order valence-electron chi connectivity index (χ2n) is 5.56. The summed E-state index contributed by atoms with van der Waals surface area (Å²) >= 11 is 1.61. The number of hydrogen-bond acceptors (Lipinski definition) is 5. The molecule has 1 N–H and O–H groups in total. The Labute approximate surface area is 142 Å². The lowest BCUT2D eigenvalue weighted by molar-refractivity contribution is -0.147. The van der Waals surface area contributed by atoms with Crippen molar-refractivity contribution in [2.24, 2.45) is 5.92 Å². The predicted molar refractivity (Wildman–Crippen MR) is 92.3 cm³/mol. The second kappa shape index (κ2) is 10.9. The molecule has 0 saturated carbocycles. The first-order valence-corrected chi connectivity index (χ1v) is 9.05. The first-order valence-electron chi connectivity index (χ1n) is 7.65. The molecular weight excluding hydrogens is 314 g/mol. The zero-order valence-corrected chi connectivity index (χ0v) is 14.7. The van der Waals surface area contributed by atoms with E-state index in [9.17, 15) is 9.59 Å². The largest absolute Gasteiger partial charge is 0.464 e. The minimum absolute atomic E-state index is 0.170. The van der Waals surface area contributed by atoms with Crippen molar-refractivity contribution in [2.45, 2.75) is 32.9 Å². The standard InChI is InChI=1S/C17H25NO4S/c1-13(2)11-21-16(19)15(9-10-23-3)18-17(20)22-12-14-7-5-4-6-8-14/h4-8,13,15H,9-12H2,1-3H3,(H,18,20). The van der Waals surface area contributed by atoms with Crippen molar-refractivity contribution in [3.63, 3.8) is 0 Å². The normalized spacial score (nSPS) is 11.8. The lowest BCUT2D eigenvalue weighted by Crippen LogP contribution is -2.42. The molecule has 0 heterocycles. The second-order valence-corrected chi connectivity index (χ2v) is 6.55. The Morgan fingerprint density at radius 2 is 1.87 bits per heavy atom. The number of ether oxygens (including phenoxy) is 2. The predicted octanol–water partition coefficient (Wildman–Crippen LogP) is 3.23. The Kier molecular flexibility index (Phi) is 9.21. The van der Waals surface area contributed by atoms with E-state index < -0.39 is 18.1 Å². The van der Waals surface area contributed by atoms with Gasteiger partial charge in [-0.3, -0.25) is 0 Å². The van der Waals surface area contributed by atoms with Gasteiger partial charge in [0.2, 0.25) is 0 Å². The smallest absolute Gasteiger partial charge is 0.408 e. The number of esters is 1. The van der Waals surface area contributed by atoms with E-state index in [2.05, 4.69) is 5.32 Å². The first-order chi connectivity index (χ1) is 11.0. The summed E-state index contributed by atoms with van der Waals surface area (Å²) in [5.74, 6) is 0.593. The highest BCUT2D eigenvalue weighted by molar-refractivity contribution is 7.98. The molecule has 1 aromatic rings. The molecule has 1 amide bonds. The molecule has 0 saturated heterocycles. The van der Waals surface area contributed by atoms with Crippen LogP contribution in [0.5, 0.6) is 0 Å². The molecular formula is C17H25NO4S. The van der Waals surface area contributed by atoms with Crippen LogP contribution in [0.15, 0.2) is 30.3 Å². The highest BCUT2D eigenvalue weighted by Crippen LogP contribution is 2.06. The van der Waals surface area contributed by atoms with Crippen molar-refractivity contribution < 1.29 is 19.1 Å². The molecule has 0 bridgehead atoms. The van der Waals surface area contributed by atoms with Crippen LogP contribution in [0.4, 0.5) is 4.79 Å². The van der Waals surface area contributed by atoms with Crippen molar-refractivity contribution >= 4 is 23.8 Å². The number of hydrogen-bond donors (Lipinski definition) is 1. The van der Waals surface area contributed by atoms with Gasteiger partial charge in [-0.1, -0.05) is 44.2 Å². The number of alkyl carbamates (subject to hydrolysis) is 1. The summed E-state index contributed by atoms with van der Waals surface area (Å²) in [5.41, 5.74) is 0.894. The van der Waals surface area contributed by atoms with Crippen LogP contribution in [0, 0.1) is 5.92 Å². The van der Waals surface area contributed by atoms with Gasteiger partial charge in [-0.25, -0.2) is 9.59 Å².